The lowest BCUT2D eigenvalue weighted by atomic mass is 9.94. The molecule has 0 saturated carbocycles. The zero-order chi connectivity index (χ0) is 12.7. The lowest BCUT2D eigenvalue weighted by Gasteiger charge is -2.11. The van der Waals surface area contributed by atoms with Gasteiger partial charge in [0.2, 0.25) is 0 Å². The monoisotopic (exact) mass is 234 g/mol. The maximum atomic E-state index is 11.2. The Morgan fingerprint density at radius 1 is 1.35 bits per heavy atom. The number of hydrogen-bond donors (Lipinski definition) is 2. The highest BCUT2D eigenvalue weighted by atomic mass is 16.4. The molecule has 0 spiro atoms. The van der Waals surface area contributed by atoms with Crippen molar-refractivity contribution in [1.82, 2.24) is 0 Å². The van der Waals surface area contributed by atoms with Crippen molar-refractivity contribution in [3.63, 3.8) is 0 Å². The number of unbranched alkanes of at least 4 members (excludes halogenated alkanes) is 1. The maximum absolute atomic E-state index is 11.2. The zero-order valence-corrected chi connectivity index (χ0v) is 9.97. The fourth-order valence-electron chi connectivity index (χ4n) is 1.66. The third-order valence-electron chi connectivity index (χ3n) is 2.60. The van der Waals surface area contributed by atoms with Crippen LogP contribution in [0, 0.1) is 0 Å². The Hall–Kier alpha value is -1.77. The summed E-state index contributed by atoms with van der Waals surface area (Å²) in [5, 5.41) is 18.8. The highest BCUT2D eigenvalue weighted by Gasteiger charge is 2.20. The van der Waals surface area contributed by atoms with Gasteiger partial charge in [-0.15, -0.1) is 0 Å². The highest BCUT2D eigenvalue weighted by Crippen LogP contribution is 2.28. The number of carboxylic acids is 1. The van der Waals surface area contributed by atoms with Crippen molar-refractivity contribution in [1.29, 1.82) is 0 Å². The topological polar surface area (TPSA) is 57.5 Å². The molecule has 0 amide bonds. The van der Waals surface area contributed by atoms with Gasteiger partial charge in [0.15, 0.2) is 0 Å². The fourth-order valence-corrected chi connectivity index (χ4v) is 1.66. The number of phenols is 1. The third-order valence-corrected chi connectivity index (χ3v) is 2.60. The molecule has 0 heterocycles. The normalized spacial score (nSPS) is 12.8. The van der Waals surface area contributed by atoms with Crippen molar-refractivity contribution in [3.05, 3.63) is 42.0 Å². The summed E-state index contributed by atoms with van der Waals surface area (Å²) in [6.45, 7) is 2.07. The molecule has 0 aliphatic carbocycles. The molecular formula is C14H18O3. The van der Waals surface area contributed by atoms with Gasteiger partial charge in [-0.25, -0.2) is 0 Å². The molecular weight excluding hydrogens is 216 g/mol. The van der Waals surface area contributed by atoms with Crippen molar-refractivity contribution in [2.45, 2.75) is 32.1 Å². The Labute approximate surface area is 101 Å². The predicted octanol–water partition coefficient (Wildman–Crippen LogP) is 3.31. The summed E-state index contributed by atoms with van der Waals surface area (Å²) < 4.78 is 0. The van der Waals surface area contributed by atoms with Gasteiger partial charge in [0.25, 0.3) is 0 Å². The van der Waals surface area contributed by atoms with Crippen LogP contribution in [0.4, 0.5) is 0 Å². The molecule has 1 rings (SSSR count). The van der Waals surface area contributed by atoms with Gasteiger partial charge < -0.3 is 10.2 Å². The van der Waals surface area contributed by atoms with Gasteiger partial charge >= 0.3 is 5.97 Å². The number of para-hydroxylation sites is 1. The quantitative estimate of drug-likeness (QED) is 0.742. The minimum absolute atomic E-state index is 0.0452. The van der Waals surface area contributed by atoms with Gasteiger partial charge in [-0.3, -0.25) is 4.79 Å². The van der Waals surface area contributed by atoms with Crippen LogP contribution in [0.3, 0.4) is 0 Å². The van der Waals surface area contributed by atoms with Crippen LogP contribution in [0.15, 0.2) is 36.4 Å². The number of rotatable bonds is 6. The number of benzene rings is 1. The minimum atomic E-state index is -0.910. The Balaban J connectivity index is 2.80. The summed E-state index contributed by atoms with van der Waals surface area (Å²) in [7, 11) is 0. The third kappa shape index (κ3) is 3.94. The van der Waals surface area contributed by atoms with E-state index >= 15 is 0 Å². The van der Waals surface area contributed by atoms with Crippen LogP contribution < -0.4 is 0 Å². The Morgan fingerprint density at radius 3 is 2.65 bits per heavy atom. The largest absolute Gasteiger partial charge is 0.508 e. The molecule has 1 aromatic carbocycles. The van der Waals surface area contributed by atoms with Gasteiger partial charge in [0.05, 0.1) is 5.92 Å². The van der Waals surface area contributed by atoms with E-state index in [1.54, 1.807) is 18.2 Å². The molecule has 2 N–H and O–H groups in total. The number of allylic oxidation sites excluding steroid dienone is 2. The summed E-state index contributed by atoms with van der Waals surface area (Å²) in [4.78, 5) is 11.2. The lowest BCUT2D eigenvalue weighted by molar-refractivity contribution is -0.138. The molecule has 0 bridgehead atoms. The number of phenolic OH excluding ortho intramolecular Hbond substituents is 1. The fraction of sp³-hybridized carbons (Fsp3) is 0.357. The predicted molar refractivity (Wildman–Crippen MR) is 67.1 cm³/mol. The van der Waals surface area contributed by atoms with Crippen LogP contribution in [0.2, 0.25) is 0 Å². The number of aliphatic carboxylic acids is 1. The maximum Gasteiger partial charge on any atom is 0.311 e. The average molecular weight is 234 g/mol. The summed E-state index contributed by atoms with van der Waals surface area (Å²) in [6, 6.07) is 6.59. The molecule has 17 heavy (non-hydrogen) atoms. The molecule has 0 radical (unpaired) electrons. The molecule has 0 aliphatic rings. The molecule has 3 heteroatoms. The van der Waals surface area contributed by atoms with E-state index in [4.69, 9.17) is 5.11 Å². The first kappa shape index (κ1) is 13.3. The van der Waals surface area contributed by atoms with E-state index in [1.165, 1.54) is 6.07 Å². The molecule has 0 saturated heterocycles. The lowest BCUT2D eigenvalue weighted by Crippen LogP contribution is -2.10. The zero-order valence-electron chi connectivity index (χ0n) is 9.97. The minimum Gasteiger partial charge on any atom is -0.508 e. The standard InChI is InChI=1S/C14H18O3/c1-2-3-4-5-9-12(14(16)17)11-8-6-7-10-13(11)15/h4-8,10,12,15H,2-3,9H2,1H3,(H,16,17)/b5-4+. The van der Waals surface area contributed by atoms with Gasteiger partial charge in [-0.1, -0.05) is 43.7 Å². The Bertz CT molecular complexity index is 396. The molecule has 1 atom stereocenters. The summed E-state index contributed by atoms with van der Waals surface area (Å²) in [5.74, 6) is -1.54. The van der Waals surface area contributed by atoms with Crippen LogP contribution in [-0.4, -0.2) is 16.2 Å². The van der Waals surface area contributed by atoms with E-state index in [-0.39, 0.29) is 5.75 Å². The number of carbonyl (C=O) groups is 1. The number of carboxylic acid groups (broad SMARTS) is 1. The Morgan fingerprint density at radius 2 is 2.06 bits per heavy atom. The molecule has 3 nitrogen and oxygen atoms in total. The van der Waals surface area contributed by atoms with E-state index in [0.717, 1.165) is 12.8 Å². The first-order valence-electron chi connectivity index (χ1n) is 5.82. The number of aromatic hydroxyl groups is 1. The van der Waals surface area contributed by atoms with E-state index < -0.39 is 11.9 Å². The smallest absolute Gasteiger partial charge is 0.311 e. The van der Waals surface area contributed by atoms with Gasteiger partial charge in [0.1, 0.15) is 5.75 Å². The van der Waals surface area contributed by atoms with E-state index in [2.05, 4.69) is 6.92 Å². The van der Waals surface area contributed by atoms with Gasteiger partial charge in [0, 0.05) is 5.56 Å². The van der Waals surface area contributed by atoms with E-state index in [9.17, 15) is 9.90 Å². The van der Waals surface area contributed by atoms with Crippen LogP contribution in [0.5, 0.6) is 5.75 Å². The van der Waals surface area contributed by atoms with Gasteiger partial charge in [-0.2, -0.15) is 0 Å². The van der Waals surface area contributed by atoms with Crippen molar-refractivity contribution in [3.8, 4) is 5.75 Å². The number of hydrogen-bond acceptors (Lipinski definition) is 2. The summed E-state index contributed by atoms with van der Waals surface area (Å²) in [5.41, 5.74) is 0.473. The Kier molecular flexibility index (Phi) is 5.27. The van der Waals surface area contributed by atoms with Crippen LogP contribution in [0.1, 0.15) is 37.7 Å². The van der Waals surface area contributed by atoms with Crippen LogP contribution >= 0.6 is 0 Å². The molecule has 0 aromatic heterocycles. The van der Waals surface area contributed by atoms with Crippen LogP contribution in [0.25, 0.3) is 0 Å². The first-order chi connectivity index (χ1) is 8.16. The molecule has 1 aromatic rings. The summed E-state index contributed by atoms with van der Waals surface area (Å²) >= 11 is 0. The first-order valence-corrected chi connectivity index (χ1v) is 5.82. The highest BCUT2D eigenvalue weighted by molar-refractivity contribution is 5.77. The molecule has 92 valence electrons. The molecule has 0 fully saturated rings. The van der Waals surface area contributed by atoms with E-state index in [0.29, 0.717) is 12.0 Å². The average Bonchev–Trinajstić information content (AvgIpc) is 2.30. The van der Waals surface area contributed by atoms with Crippen molar-refractivity contribution in [2.24, 2.45) is 0 Å². The summed E-state index contributed by atoms with van der Waals surface area (Å²) in [6.07, 6.45) is 6.26. The van der Waals surface area contributed by atoms with Crippen molar-refractivity contribution < 1.29 is 15.0 Å². The molecule has 0 aliphatic heterocycles. The van der Waals surface area contributed by atoms with Crippen LogP contribution in [-0.2, 0) is 4.79 Å². The second-order valence-electron chi connectivity index (χ2n) is 3.95. The second kappa shape index (κ2) is 6.74. The van der Waals surface area contributed by atoms with Gasteiger partial charge in [-0.05, 0) is 18.9 Å². The van der Waals surface area contributed by atoms with Crippen molar-refractivity contribution >= 4 is 5.97 Å². The SMILES string of the molecule is CCC/C=C/CC(C(=O)O)c1ccccc1O. The van der Waals surface area contributed by atoms with Crippen molar-refractivity contribution in [2.75, 3.05) is 0 Å². The molecule has 1 unspecified atom stereocenters. The second-order valence-corrected chi connectivity index (χ2v) is 3.95. The van der Waals surface area contributed by atoms with E-state index in [1.807, 2.05) is 12.2 Å².